The summed E-state index contributed by atoms with van der Waals surface area (Å²) in [7, 11) is 0. The summed E-state index contributed by atoms with van der Waals surface area (Å²) in [6, 6.07) is 8.38. The van der Waals surface area contributed by atoms with Crippen LogP contribution in [0.5, 0.6) is 0 Å². The molecule has 3 atom stereocenters. The van der Waals surface area contributed by atoms with Gasteiger partial charge >= 0.3 is 0 Å². The van der Waals surface area contributed by atoms with E-state index in [1.165, 1.54) is 6.07 Å². The number of nitrogens with zero attached hydrogens (tertiary/aromatic N) is 1. The Morgan fingerprint density at radius 2 is 1.81 bits per heavy atom. The number of aliphatic hydroxyl groups excluding tert-OH is 2. The van der Waals surface area contributed by atoms with Crippen LogP contribution in [0, 0.1) is 5.92 Å². The molecule has 0 radical (unpaired) electrons. The fourth-order valence-electron chi connectivity index (χ4n) is 3.31. The number of fused-ring (bicyclic) bond motifs is 1. The molecule has 1 aliphatic rings. The zero-order valence-corrected chi connectivity index (χ0v) is 17.5. The van der Waals surface area contributed by atoms with Gasteiger partial charge in [-0.15, -0.1) is 0 Å². The van der Waals surface area contributed by atoms with E-state index in [4.69, 9.17) is 4.74 Å². The number of aromatic nitrogens is 1. The maximum absolute atomic E-state index is 12.7. The molecule has 1 unspecified atom stereocenters. The van der Waals surface area contributed by atoms with Crippen LogP contribution in [0.3, 0.4) is 0 Å². The third-order valence-electron chi connectivity index (χ3n) is 5.17. The summed E-state index contributed by atoms with van der Waals surface area (Å²) < 4.78 is 5.12. The van der Waals surface area contributed by atoms with Crippen LogP contribution >= 0.6 is 0 Å². The van der Waals surface area contributed by atoms with Crippen molar-refractivity contribution in [2.24, 2.45) is 5.92 Å². The summed E-state index contributed by atoms with van der Waals surface area (Å²) >= 11 is 0. The summed E-state index contributed by atoms with van der Waals surface area (Å²) in [6.45, 7) is 2.76. The highest BCUT2D eigenvalue weighted by molar-refractivity contribution is 6.00. The van der Waals surface area contributed by atoms with Gasteiger partial charge in [0.1, 0.15) is 11.7 Å². The fourth-order valence-corrected chi connectivity index (χ4v) is 3.31. The molecule has 0 aliphatic carbocycles. The number of benzene rings is 1. The number of aliphatic hydroxyl groups is 2. The van der Waals surface area contributed by atoms with Gasteiger partial charge < -0.3 is 25.6 Å². The zero-order chi connectivity index (χ0) is 22.6. The van der Waals surface area contributed by atoms with Crippen molar-refractivity contribution in [3.05, 3.63) is 42.1 Å². The van der Waals surface area contributed by atoms with E-state index in [0.717, 1.165) is 5.39 Å². The van der Waals surface area contributed by atoms with Gasteiger partial charge in [0.2, 0.25) is 5.91 Å². The Morgan fingerprint density at radius 3 is 2.42 bits per heavy atom. The summed E-state index contributed by atoms with van der Waals surface area (Å²) in [5.74, 6) is -1.67. The number of carbonyl (C=O) groups is 3. The Hall–Kier alpha value is -2.88. The Morgan fingerprint density at radius 1 is 1.10 bits per heavy atom. The first kappa shape index (κ1) is 22.8. The van der Waals surface area contributed by atoms with Crippen molar-refractivity contribution in [3.8, 4) is 0 Å². The molecule has 2 aromatic rings. The highest BCUT2D eigenvalue weighted by atomic mass is 16.6. The summed E-state index contributed by atoms with van der Waals surface area (Å²) in [5.41, 5.74) is -0.549. The lowest BCUT2D eigenvalue weighted by Crippen LogP contribution is -2.55. The summed E-state index contributed by atoms with van der Waals surface area (Å²) in [6.07, 6.45) is 0.327. The number of ether oxygens (including phenoxy) is 1. The Kier molecular flexibility index (Phi) is 6.99. The molecular weight excluding hydrogens is 402 g/mol. The van der Waals surface area contributed by atoms with E-state index < -0.39 is 48.5 Å². The second-order valence-electron chi connectivity index (χ2n) is 8.09. The van der Waals surface area contributed by atoms with E-state index in [1.54, 1.807) is 18.2 Å². The van der Waals surface area contributed by atoms with Gasteiger partial charge in [0.05, 0.1) is 31.4 Å². The number of rotatable bonds is 10. The van der Waals surface area contributed by atoms with Crippen molar-refractivity contribution < 1.29 is 29.3 Å². The van der Waals surface area contributed by atoms with E-state index >= 15 is 0 Å². The number of epoxide rings is 1. The lowest BCUT2D eigenvalue weighted by molar-refractivity contribution is -0.133. The molecule has 0 spiro atoms. The topological polar surface area (TPSA) is 141 Å². The molecule has 2 amide bonds. The number of pyridine rings is 1. The van der Waals surface area contributed by atoms with Gasteiger partial charge in [0.25, 0.3) is 5.91 Å². The van der Waals surface area contributed by atoms with Gasteiger partial charge in [0.15, 0.2) is 11.4 Å². The lowest BCUT2D eigenvalue weighted by atomic mass is 9.92. The van der Waals surface area contributed by atoms with Crippen molar-refractivity contribution in [1.82, 2.24) is 15.6 Å². The lowest BCUT2D eigenvalue weighted by Gasteiger charge is -2.24. The quantitative estimate of drug-likeness (QED) is 0.395. The molecule has 3 rings (SSSR count). The summed E-state index contributed by atoms with van der Waals surface area (Å²) in [4.78, 5) is 42.3. The van der Waals surface area contributed by atoms with Crippen molar-refractivity contribution in [1.29, 1.82) is 0 Å². The van der Waals surface area contributed by atoms with Crippen LogP contribution in [0.25, 0.3) is 10.9 Å². The van der Waals surface area contributed by atoms with Gasteiger partial charge in [-0.1, -0.05) is 38.1 Å². The van der Waals surface area contributed by atoms with E-state index in [2.05, 4.69) is 15.6 Å². The van der Waals surface area contributed by atoms with Crippen LogP contribution in [0.15, 0.2) is 36.4 Å². The molecule has 166 valence electrons. The van der Waals surface area contributed by atoms with Crippen LogP contribution in [0.1, 0.15) is 30.8 Å². The van der Waals surface area contributed by atoms with Crippen molar-refractivity contribution in [3.63, 3.8) is 0 Å². The van der Waals surface area contributed by atoms with Crippen molar-refractivity contribution >= 4 is 28.5 Å². The first-order chi connectivity index (χ1) is 14.8. The largest absolute Gasteiger partial charge is 0.394 e. The minimum Gasteiger partial charge on any atom is -0.394 e. The monoisotopic (exact) mass is 429 g/mol. The SMILES string of the molecule is CC(C)CC(NC(=O)[C@H](CO)NC(=O)c1ccc2ccccc2n1)C(=O)[C@@]1(CO)CO1. The molecule has 9 heteroatoms. The minimum absolute atomic E-state index is 0.0766. The smallest absolute Gasteiger partial charge is 0.270 e. The van der Waals surface area contributed by atoms with Crippen LogP contribution < -0.4 is 10.6 Å². The van der Waals surface area contributed by atoms with Crippen LogP contribution in [-0.4, -0.2) is 70.3 Å². The number of ketones is 1. The Labute approximate surface area is 179 Å². The van der Waals surface area contributed by atoms with Gasteiger partial charge in [0, 0.05) is 5.39 Å². The average molecular weight is 429 g/mol. The number of amides is 2. The first-order valence-electron chi connectivity index (χ1n) is 10.2. The van der Waals surface area contributed by atoms with Gasteiger partial charge in [-0.2, -0.15) is 0 Å². The molecular formula is C22H27N3O6. The highest BCUT2D eigenvalue weighted by Gasteiger charge is 2.54. The molecule has 1 aromatic carbocycles. The molecule has 4 N–H and O–H groups in total. The zero-order valence-electron chi connectivity index (χ0n) is 17.5. The number of Topliss-reactive ketones (excluding diaryl/α,β-unsaturated/α-hetero) is 1. The fraction of sp³-hybridized carbons (Fsp3) is 0.455. The van der Waals surface area contributed by atoms with Gasteiger partial charge in [-0.05, 0) is 24.5 Å². The molecule has 9 nitrogen and oxygen atoms in total. The predicted octanol–water partition coefficient (Wildman–Crippen LogP) is 0.187. The number of hydrogen-bond acceptors (Lipinski definition) is 7. The molecule has 1 aromatic heterocycles. The van der Waals surface area contributed by atoms with Crippen LogP contribution in [0.4, 0.5) is 0 Å². The van der Waals surface area contributed by atoms with E-state index in [-0.39, 0.29) is 18.2 Å². The molecule has 0 saturated carbocycles. The van der Waals surface area contributed by atoms with Crippen molar-refractivity contribution in [2.75, 3.05) is 19.8 Å². The van der Waals surface area contributed by atoms with E-state index in [1.807, 2.05) is 26.0 Å². The Bertz CT molecular complexity index is 973. The molecule has 31 heavy (non-hydrogen) atoms. The minimum atomic E-state index is -1.28. The molecule has 1 aliphatic heterocycles. The third kappa shape index (κ3) is 5.25. The van der Waals surface area contributed by atoms with Gasteiger partial charge in [-0.25, -0.2) is 4.98 Å². The standard InChI is InChI=1S/C22H27N3O6/c1-13(2)9-17(19(28)22(11-27)12-31-22)24-21(30)18(10-26)25-20(29)16-8-7-14-5-3-4-6-15(14)23-16/h3-8,13,17-18,26-27H,9-12H2,1-2H3,(H,24,30)(H,25,29)/t17?,18-,22+/m0/s1. The predicted molar refractivity (Wildman–Crippen MR) is 112 cm³/mol. The number of carbonyl (C=O) groups excluding carboxylic acids is 3. The van der Waals surface area contributed by atoms with Gasteiger partial charge in [-0.3, -0.25) is 14.4 Å². The number of hydrogen-bond donors (Lipinski definition) is 4. The molecule has 1 fully saturated rings. The van der Waals surface area contributed by atoms with Crippen LogP contribution in [0.2, 0.25) is 0 Å². The normalized spacial score (nSPS) is 19.6. The van der Waals surface area contributed by atoms with E-state index in [9.17, 15) is 24.6 Å². The number of para-hydroxylation sites is 1. The summed E-state index contributed by atoms with van der Waals surface area (Å²) in [5, 5.41) is 25.0. The highest BCUT2D eigenvalue weighted by Crippen LogP contribution is 2.30. The average Bonchev–Trinajstić information content (AvgIpc) is 3.56. The van der Waals surface area contributed by atoms with Crippen LogP contribution in [-0.2, 0) is 14.3 Å². The second kappa shape index (κ2) is 9.51. The third-order valence-corrected chi connectivity index (χ3v) is 5.17. The number of nitrogens with one attached hydrogen (secondary N) is 2. The molecule has 1 saturated heterocycles. The first-order valence-corrected chi connectivity index (χ1v) is 10.2. The Balaban J connectivity index is 1.70. The van der Waals surface area contributed by atoms with E-state index in [0.29, 0.717) is 11.9 Å². The molecule has 0 bridgehead atoms. The maximum Gasteiger partial charge on any atom is 0.270 e. The molecule has 2 heterocycles. The maximum atomic E-state index is 12.7. The van der Waals surface area contributed by atoms with Crippen molar-refractivity contribution in [2.45, 2.75) is 38.0 Å². The second-order valence-corrected chi connectivity index (χ2v) is 8.09.